The number of ether oxygens (including phenoxy) is 2. The lowest BCUT2D eigenvalue weighted by molar-refractivity contribution is -0.145. The van der Waals surface area contributed by atoms with Crippen LogP contribution in [0, 0.1) is 11.7 Å². The van der Waals surface area contributed by atoms with Gasteiger partial charge in [0.25, 0.3) is 0 Å². The number of benzene rings is 1. The molecule has 6 heteroatoms. The minimum absolute atomic E-state index is 0.0905. The molecule has 0 spiro atoms. The van der Waals surface area contributed by atoms with Crippen molar-refractivity contribution in [2.75, 3.05) is 25.7 Å². The van der Waals surface area contributed by atoms with Gasteiger partial charge in [-0.15, -0.1) is 0 Å². The van der Waals surface area contributed by atoms with Gasteiger partial charge in [-0.05, 0) is 12.1 Å². The summed E-state index contributed by atoms with van der Waals surface area (Å²) in [5.41, 5.74) is 0.459. The normalized spacial score (nSPS) is 18.6. The minimum Gasteiger partial charge on any atom is -0.494 e. The fourth-order valence-electron chi connectivity index (χ4n) is 2.14. The average molecular weight is 267 g/mol. The summed E-state index contributed by atoms with van der Waals surface area (Å²) < 4.78 is 22.8. The number of carbonyl (C=O) groups is 2. The van der Waals surface area contributed by atoms with Gasteiger partial charge in [-0.3, -0.25) is 9.59 Å². The van der Waals surface area contributed by atoms with E-state index in [0.29, 0.717) is 5.69 Å². The number of esters is 1. The lowest BCUT2D eigenvalue weighted by Gasteiger charge is -2.19. The Balaban J connectivity index is 2.28. The van der Waals surface area contributed by atoms with Crippen molar-refractivity contribution in [1.29, 1.82) is 0 Å². The highest BCUT2D eigenvalue weighted by Gasteiger charge is 2.36. The van der Waals surface area contributed by atoms with Crippen molar-refractivity contribution in [3.8, 4) is 5.75 Å². The summed E-state index contributed by atoms with van der Waals surface area (Å²) in [6, 6.07) is 3.91. The highest BCUT2D eigenvalue weighted by Crippen LogP contribution is 2.33. The molecule has 1 fully saturated rings. The second kappa shape index (κ2) is 5.26. The number of hydrogen-bond acceptors (Lipinski definition) is 4. The Kier molecular flexibility index (Phi) is 3.69. The Morgan fingerprint density at radius 1 is 1.42 bits per heavy atom. The summed E-state index contributed by atoms with van der Waals surface area (Å²) >= 11 is 0. The van der Waals surface area contributed by atoms with Gasteiger partial charge in [-0.25, -0.2) is 4.39 Å². The molecule has 5 nitrogen and oxygen atoms in total. The van der Waals surface area contributed by atoms with E-state index in [9.17, 15) is 14.0 Å². The van der Waals surface area contributed by atoms with Crippen LogP contribution in [0.3, 0.4) is 0 Å². The van der Waals surface area contributed by atoms with Crippen molar-refractivity contribution in [1.82, 2.24) is 0 Å². The van der Waals surface area contributed by atoms with Crippen molar-refractivity contribution < 1.29 is 23.5 Å². The first-order valence-electron chi connectivity index (χ1n) is 5.78. The monoisotopic (exact) mass is 267 g/mol. The topological polar surface area (TPSA) is 55.8 Å². The second-order valence-corrected chi connectivity index (χ2v) is 4.24. The van der Waals surface area contributed by atoms with Gasteiger partial charge in [0.1, 0.15) is 11.6 Å². The molecule has 0 saturated carbocycles. The molecule has 0 bridgehead atoms. The molecule has 1 heterocycles. The van der Waals surface area contributed by atoms with Crippen LogP contribution in [0.15, 0.2) is 18.2 Å². The van der Waals surface area contributed by atoms with Crippen LogP contribution in [-0.4, -0.2) is 32.6 Å². The van der Waals surface area contributed by atoms with Crippen LogP contribution >= 0.6 is 0 Å². The second-order valence-electron chi connectivity index (χ2n) is 4.24. The van der Waals surface area contributed by atoms with Crippen molar-refractivity contribution in [2.24, 2.45) is 5.92 Å². The number of carbonyl (C=O) groups excluding carboxylic acids is 2. The molecular weight excluding hydrogens is 253 g/mol. The third-order valence-electron chi connectivity index (χ3n) is 3.09. The Labute approximate surface area is 109 Å². The van der Waals surface area contributed by atoms with Crippen LogP contribution in [0.4, 0.5) is 10.1 Å². The Morgan fingerprint density at radius 3 is 2.79 bits per heavy atom. The molecule has 1 saturated heterocycles. The summed E-state index contributed by atoms with van der Waals surface area (Å²) in [6.45, 7) is 0.216. The Hall–Kier alpha value is -2.11. The molecule has 1 atom stereocenters. The molecule has 0 N–H and O–H groups in total. The van der Waals surface area contributed by atoms with E-state index in [2.05, 4.69) is 4.74 Å². The molecular formula is C13H14FNO4. The number of rotatable bonds is 3. The van der Waals surface area contributed by atoms with E-state index in [1.54, 1.807) is 0 Å². The summed E-state index contributed by atoms with van der Waals surface area (Å²) in [4.78, 5) is 24.8. The lowest BCUT2D eigenvalue weighted by Crippen LogP contribution is -2.26. The van der Waals surface area contributed by atoms with Crippen molar-refractivity contribution >= 4 is 17.6 Å². The van der Waals surface area contributed by atoms with Gasteiger partial charge >= 0.3 is 5.97 Å². The van der Waals surface area contributed by atoms with Crippen LogP contribution in [0.2, 0.25) is 0 Å². The minimum atomic E-state index is -0.493. The largest absolute Gasteiger partial charge is 0.494 e. The number of halogens is 1. The quantitative estimate of drug-likeness (QED) is 0.776. The van der Waals surface area contributed by atoms with Gasteiger partial charge < -0.3 is 14.4 Å². The Morgan fingerprint density at radius 2 is 2.16 bits per heavy atom. The molecule has 19 heavy (non-hydrogen) atoms. The van der Waals surface area contributed by atoms with E-state index in [1.807, 2.05) is 0 Å². The van der Waals surface area contributed by atoms with Gasteiger partial charge in [-0.1, -0.05) is 0 Å². The summed E-state index contributed by atoms with van der Waals surface area (Å²) in [5, 5.41) is 0. The van der Waals surface area contributed by atoms with Gasteiger partial charge in [0.2, 0.25) is 5.91 Å². The third-order valence-corrected chi connectivity index (χ3v) is 3.09. The molecule has 1 amide bonds. The number of methoxy groups -OCH3 is 2. The number of amides is 1. The maximum absolute atomic E-state index is 13.1. The zero-order valence-electron chi connectivity index (χ0n) is 10.7. The van der Waals surface area contributed by atoms with E-state index in [0.717, 1.165) is 0 Å². The van der Waals surface area contributed by atoms with E-state index in [1.165, 1.54) is 37.3 Å². The molecule has 1 unspecified atom stereocenters. The summed E-state index contributed by atoms with van der Waals surface area (Å²) in [7, 11) is 2.69. The highest BCUT2D eigenvalue weighted by atomic mass is 19.1. The maximum atomic E-state index is 13.1. The predicted octanol–water partition coefficient (Wildman–Crippen LogP) is 1.36. The fourth-order valence-corrected chi connectivity index (χ4v) is 2.14. The number of hydrogen-bond donors (Lipinski definition) is 0. The van der Waals surface area contributed by atoms with Crippen LogP contribution in [-0.2, 0) is 14.3 Å². The van der Waals surface area contributed by atoms with E-state index < -0.39 is 17.7 Å². The molecule has 0 aliphatic carbocycles. The average Bonchev–Trinajstić information content (AvgIpc) is 2.79. The lowest BCUT2D eigenvalue weighted by atomic mass is 10.1. The molecule has 1 aliphatic heterocycles. The molecule has 1 aliphatic rings. The first kappa shape index (κ1) is 13.3. The van der Waals surface area contributed by atoms with Crippen LogP contribution in [0.25, 0.3) is 0 Å². The molecule has 1 aromatic rings. The predicted molar refractivity (Wildman–Crippen MR) is 65.4 cm³/mol. The van der Waals surface area contributed by atoms with E-state index in [4.69, 9.17) is 4.74 Å². The third kappa shape index (κ3) is 2.52. The zero-order valence-corrected chi connectivity index (χ0v) is 10.7. The van der Waals surface area contributed by atoms with Crippen LogP contribution in [0.1, 0.15) is 6.42 Å². The van der Waals surface area contributed by atoms with Crippen molar-refractivity contribution in [2.45, 2.75) is 6.42 Å². The van der Waals surface area contributed by atoms with Crippen molar-refractivity contribution in [3.05, 3.63) is 24.0 Å². The summed E-state index contributed by atoms with van der Waals surface area (Å²) in [6.07, 6.45) is 0.0905. The maximum Gasteiger partial charge on any atom is 0.311 e. The first-order chi connectivity index (χ1) is 9.06. The number of nitrogens with zero attached hydrogens (tertiary/aromatic N) is 1. The van der Waals surface area contributed by atoms with Gasteiger partial charge in [0.15, 0.2) is 0 Å². The SMILES string of the molecule is COC(=O)C1CC(=O)N(c2ccc(F)cc2OC)C1. The molecule has 1 aromatic carbocycles. The van der Waals surface area contributed by atoms with E-state index >= 15 is 0 Å². The van der Waals surface area contributed by atoms with Gasteiger partial charge in [0.05, 0.1) is 25.8 Å². The zero-order chi connectivity index (χ0) is 14.0. The van der Waals surface area contributed by atoms with Crippen molar-refractivity contribution in [3.63, 3.8) is 0 Å². The summed E-state index contributed by atoms with van der Waals surface area (Å²) in [5.74, 6) is -1.31. The van der Waals surface area contributed by atoms with Crippen LogP contribution < -0.4 is 9.64 Å². The molecule has 0 radical (unpaired) electrons. The van der Waals surface area contributed by atoms with Crippen LogP contribution in [0.5, 0.6) is 5.75 Å². The highest BCUT2D eigenvalue weighted by molar-refractivity contribution is 6.00. The molecule has 2 rings (SSSR count). The smallest absolute Gasteiger partial charge is 0.311 e. The molecule has 0 aromatic heterocycles. The van der Waals surface area contributed by atoms with E-state index in [-0.39, 0.29) is 24.6 Å². The standard InChI is InChI=1S/C13H14FNO4/c1-18-11-6-9(14)3-4-10(11)15-7-8(5-12(15)16)13(17)19-2/h3-4,6,8H,5,7H2,1-2H3. The Bertz CT molecular complexity index is 517. The van der Waals surface area contributed by atoms with Gasteiger partial charge in [-0.2, -0.15) is 0 Å². The number of anilines is 1. The van der Waals surface area contributed by atoms with Gasteiger partial charge in [0, 0.05) is 19.0 Å². The fraction of sp³-hybridized carbons (Fsp3) is 0.385. The molecule has 102 valence electrons. The first-order valence-corrected chi connectivity index (χ1v) is 5.78.